The fourth-order valence-corrected chi connectivity index (χ4v) is 3.08. The molecular weight excluding hydrogens is 480 g/mol. The minimum Gasteiger partial charge on any atom is -0.493 e. The van der Waals surface area contributed by atoms with E-state index in [1.807, 2.05) is 26.0 Å². The van der Waals surface area contributed by atoms with Crippen LogP contribution in [0.2, 0.25) is 0 Å². The summed E-state index contributed by atoms with van der Waals surface area (Å²) in [5.41, 5.74) is 0.988. The Labute approximate surface area is 200 Å². The van der Waals surface area contributed by atoms with Crippen molar-refractivity contribution in [3.63, 3.8) is 0 Å². The van der Waals surface area contributed by atoms with Gasteiger partial charge in [-0.2, -0.15) is 13.2 Å². The molecule has 0 saturated carbocycles. The third kappa shape index (κ3) is 8.78. The summed E-state index contributed by atoms with van der Waals surface area (Å²) in [4.78, 5) is 15.6. The number of halogens is 5. The summed E-state index contributed by atoms with van der Waals surface area (Å²) < 4.78 is 49.4. The summed E-state index contributed by atoms with van der Waals surface area (Å²) in [5, 5.41) is 2.65. The molecule has 2 rings (SSSR count). The highest BCUT2D eigenvalue weighted by Gasteiger charge is 2.30. The topological polar surface area (TPSA) is 60.5 Å². The molecule has 0 atom stereocenters. The zero-order chi connectivity index (χ0) is 24.4. The number of carbonyl (C=O) groups is 1. The van der Waals surface area contributed by atoms with Gasteiger partial charge in [0.1, 0.15) is 28.3 Å². The van der Waals surface area contributed by atoms with Crippen LogP contribution in [0, 0.1) is 6.92 Å². The number of rotatable bonds is 11. The second-order valence-electron chi connectivity index (χ2n) is 7.13. The van der Waals surface area contributed by atoms with Gasteiger partial charge in [0, 0.05) is 12.7 Å². The number of benzene rings is 1. The van der Waals surface area contributed by atoms with Crippen LogP contribution in [0.25, 0.3) is 0 Å². The van der Waals surface area contributed by atoms with E-state index in [0.717, 1.165) is 35.4 Å². The van der Waals surface area contributed by atoms with E-state index >= 15 is 0 Å². The van der Waals surface area contributed by atoms with Crippen LogP contribution in [0.4, 0.5) is 13.2 Å². The van der Waals surface area contributed by atoms with E-state index in [1.165, 1.54) is 0 Å². The first-order chi connectivity index (χ1) is 15.6. The Morgan fingerprint density at radius 1 is 1.18 bits per heavy atom. The van der Waals surface area contributed by atoms with E-state index in [0.29, 0.717) is 37.9 Å². The molecule has 0 spiro atoms. The van der Waals surface area contributed by atoms with Crippen molar-refractivity contribution in [1.82, 2.24) is 10.3 Å². The van der Waals surface area contributed by atoms with E-state index < -0.39 is 17.6 Å². The molecule has 1 heterocycles. The van der Waals surface area contributed by atoms with Crippen molar-refractivity contribution in [2.24, 2.45) is 0 Å². The number of ether oxygens (including phenoxy) is 2. The summed E-state index contributed by atoms with van der Waals surface area (Å²) in [7, 11) is 0. The molecule has 0 aliphatic heterocycles. The quantitative estimate of drug-likeness (QED) is 0.367. The van der Waals surface area contributed by atoms with Gasteiger partial charge < -0.3 is 14.8 Å². The highest BCUT2D eigenvalue weighted by Crippen LogP contribution is 2.30. The Morgan fingerprint density at radius 3 is 2.55 bits per heavy atom. The molecule has 2 aromatic rings. The second-order valence-corrected chi connectivity index (χ2v) is 8.14. The minimum absolute atomic E-state index is 0.0615. The standard InChI is InChI=1S/C23H25Cl2F3N2O3/c1-3-16-13-18(32-11-8-20(24)25)12-15(2)21(16)33-10-5-4-9-29-22(31)19-7-6-17(14-30-19)23(26,27)28/h6-8,12-14H,3-5,9-11H2,1-2H3,(H,29,31). The maximum atomic E-state index is 12.6. The van der Waals surface area contributed by atoms with E-state index in [9.17, 15) is 18.0 Å². The second kappa shape index (κ2) is 12.7. The Morgan fingerprint density at radius 2 is 1.94 bits per heavy atom. The number of aromatic nitrogens is 1. The molecule has 33 heavy (non-hydrogen) atoms. The minimum atomic E-state index is -4.48. The number of nitrogens with zero attached hydrogens (tertiary/aromatic N) is 1. The molecule has 180 valence electrons. The lowest BCUT2D eigenvalue weighted by atomic mass is 10.1. The van der Waals surface area contributed by atoms with Gasteiger partial charge in [-0.25, -0.2) is 0 Å². The van der Waals surface area contributed by atoms with Crippen molar-refractivity contribution in [3.8, 4) is 11.5 Å². The van der Waals surface area contributed by atoms with E-state index in [4.69, 9.17) is 32.7 Å². The first-order valence-corrected chi connectivity index (χ1v) is 11.1. The molecule has 0 unspecified atom stereocenters. The fourth-order valence-electron chi connectivity index (χ4n) is 2.95. The van der Waals surface area contributed by atoms with Crippen LogP contribution in [0.5, 0.6) is 11.5 Å². The molecule has 1 aromatic heterocycles. The number of hydrogen-bond acceptors (Lipinski definition) is 4. The van der Waals surface area contributed by atoms with Crippen LogP contribution >= 0.6 is 23.2 Å². The number of amides is 1. The van der Waals surface area contributed by atoms with E-state index in [2.05, 4.69) is 10.3 Å². The third-order valence-electron chi connectivity index (χ3n) is 4.62. The molecule has 0 saturated heterocycles. The van der Waals surface area contributed by atoms with Crippen molar-refractivity contribution >= 4 is 29.1 Å². The molecule has 10 heteroatoms. The number of hydrogen-bond donors (Lipinski definition) is 1. The van der Waals surface area contributed by atoms with Crippen LogP contribution in [-0.2, 0) is 12.6 Å². The van der Waals surface area contributed by atoms with Gasteiger partial charge in [0.05, 0.1) is 12.2 Å². The Hall–Kier alpha value is -2.45. The normalized spacial score (nSPS) is 11.1. The predicted octanol–water partition coefficient (Wildman–Crippen LogP) is 6.26. The smallest absolute Gasteiger partial charge is 0.417 e. The van der Waals surface area contributed by atoms with Crippen molar-refractivity contribution in [2.75, 3.05) is 19.8 Å². The molecule has 5 nitrogen and oxygen atoms in total. The Kier molecular flexibility index (Phi) is 10.3. The van der Waals surface area contributed by atoms with E-state index in [-0.39, 0.29) is 16.8 Å². The fraction of sp³-hybridized carbons (Fsp3) is 0.391. The van der Waals surface area contributed by atoms with Crippen molar-refractivity contribution < 1.29 is 27.4 Å². The average molecular weight is 505 g/mol. The number of aryl methyl sites for hydroxylation is 2. The first kappa shape index (κ1) is 26.8. The molecule has 0 radical (unpaired) electrons. The van der Waals surface area contributed by atoms with Gasteiger partial charge in [-0.15, -0.1) is 0 Å². The molecule has 1 N–H and O–H groups in total. The van der Waals surface area contributed by atoms with Crippen LogP contribution in [0.3, 0.4) is 0 Å². The van der Waals surface area contributed by atoms with E-state index in [1.54, 1.807) is 6.08 Å². The van der Waals surface area contributed by atoms with Gasteiger partial charge in [-0.1, -0.05) is 30.1 Å². The number of unbranched alkanes of at least 4 members (excludes halogenated alkanes) is 1. The molecule has 0 bridgehead atoms. The van der Waals surface area contributed by atoms with Crippen molar-refractivity contribution in [3.05, 3.63) is 63.4 Å². The Bertz CT molecular complexity index is 961. The number of alkyl halides is 3. The summed E-state index contributed by atoms with van der Waals surface area (Å²) in [6.45, 7) is 5.02. The summed E-state index contributed by atoms with van der Waals surface area (Å²) in [6, 6.07) is 5.69. The van der Waals surface area contributed by atoms with Gasteiger partial charge in [0.15, 0.2) is 0 Å². The predicted molar refractivity (Wildman–Crippen MR) is 122 cm³/mol. The molecule has 0 aliphatic rings. The summed E-state index contributed by atoms with van der Waals surface area (Å²) >= 11 is 11.2. The lowest BCUT2D eigenvalue weighted by Crippen LogP contribution is -2.25. The lowest BCUT2D eigenvalue weighted by molar-refractivity contribution is -0.137. The number of nitrogens with one attached hydrogen (secondary N) is 1. The van der Waals surface area contributed by atoms with Gasteiger partial charge in [-0.05, 0) is 67.7 Å². The van der Waals surface area contributed by atoms with Crippen LogP contribution < -0.4 is 14.8 Å². The monoisotopic (exact) mass is 504 g/mol. The number of carbonyl (C=O) groups excluding carboxylic acids is 1. The SMILES string of the molecule is CCc1cc(OCC=C(Cl)Cl)cc(C)c1OCCCCNC(=O)c1ccc(C(F)(F)F)cn1. The summed E-state index contributed by atoms with van der Waals surface area (Å²) in [5.74, 6) is 0.977. The largest absolute Gasteiger partial charge is 0.493 e. The van der Waals surface area contributed by atoms with Gasteiger partial charge in [0.25, 0.3) is 5.91 Å². The zero-order valence-electron chi connectivity index (χ0n) is 18.3. The molecular formula is C23H25Cl2F3N2O3. The first-order valence-electron chi connectivity index (χ1n) is 10.3. The maximum Gasteiger partial charge on any atom is 0.417 e. The third-order valence-corrected chi connectivity index (χ3v) is 4.93. The number of pyridine rings is 1. The van der Waals surface area contributed by atoms with Gasteiger partial charge >= 0.3 is 6.18 Å². The maximum absolute atomic E-state index is 12.6. The molecule has 1 amide bonds. The van der Waals surface area contributed by atoms with Crippen LogP contribution in [0.15, 0.2) is 41.0 Å². The highest BCUT2D eigenvalue weighted by molar-refractivity contribution is 6.55. The zero-order valence-corrected chi connectivity index (χ0v) is 19.8. The molecule has 0 fully saturated rings. The summed E-state index contributed by atoms with van der Waals surface area (Å²) in [6.07, 6.45) is -0.200. The molecule has 0 aliphatic carbocycles. The van der Waals surface area contributed by atoms with Gasteiger partial charge in [0.2, 0.25) is 0 Å². The molecule has 1 aromatic carbocycles. The van der Waals surface area contributed by atoms with Crippen LogP contribution in [0.1, 0.15) is 46.9 Å². The Balaban J connectivity index is 1.78. The highest BCUT2D eigenvalue weighted by atomic mass is 35.5. The van der Waals surface area contributed by atoms with Crippen LogP contribution in [-0.4, -0.2) is 30.6 Å². The van der Waals surface area contributed by atoms with Crippen molar-refractivity contribution in [2.45, 2.75) is 39.3 Å². The van der Waals surface area contributed by atoms with Crippen molar-refractivity contribution in [1.29, 1.82) is 0 Å². The average Bonchev–Trinajstić information content (AvgIpc) is 2.76. The lowest BCUT2D eigenvalue weighted by Gasteiger charge is -2.16. The van der Waals surface area contributed by atoms with Gasteiger partial charge in [-0.3, -0.25) is 9.78 Å².